The van der Waals surface area contributed by atoms with Crippen molar-refractivity contribution in [1.82, 2.24) is 15.8 Å². The van der Waals surface area contributed by atoms with Gasteiger partial charge in [-0.1, -0.05) is 30.1 Å². The van der Waals surface area contributed by atoms with Crippen LogP contribution < -0.4 is 10.8 Å². The molecule has 0 saturated heterocycles. The molecule has 1 aliphatic carbocycles. The summed E-state index contributed by atoms with van der Waals surface area (Å²) in [6.07, 6.45) is 7.90. The summed E-state index contributed by atoms with van der Waals surface area (Å²) in [5.74, 6) is 4.70. The van der Waals surface area contributed by atoms with E-state index in [9.17, 15) is 14.7 Å². The molecule has 142 valence electrons. The molecule has 0 bridgehead atoms. The van der Waals surface area contributed by atoms with E-state index in [2.05, 4.69) is 35.3 Å². The maximum Gasteiger partial charge on any atom is 0.268 e. The van der Waals surface area contributed by atoms with Gasteiger partial charge in [-0.3, -0.25) is 19.8 Å². The van der Waals surface area contributed by atoms with Crippen LogP contribution in [0.3, 0.4) is 0 Å². The third-order valence-corrected chi connectivity index (χ3v) is 3.59. The molecule has 1 aromatic heterocycles. The lowest BCUT2D eigenvalue weighted by atomic mass is 9.96. The Morgan fingerprint density at radius 1 is 1.41 bits per heavy atom. The summed E-state index contributed by atoms with van der Waals surface area (Å²) in [6.45, 7) is 7.34. The molecule has 1 aromatic rings. The number of hydrogen-bond acceptors (Lipinski definition) is 5. The van der Waals surface area contributed by atoms with Crippen LogP contribution in [-0.4, -0.2) is 39.3 Å². The number of amides is 2. The highest BCUT2D eigenvalue weighted by Gasteiger charge is 2.26. The molecule has 3 unspecified atom stereocenters. The summed E-state index contributed by atoms with van der Waals surface area (Å²) >= 11 is 0. The van der Waals surface area contributed by atoms with E-state index in [0.29, 0.717) is 12.0 Å². The average molecular weight is 369 g/mol. The summed E-state index contributed by atoms with van der Waals surface area (Å²) in [5, 5.41) is 20.6. The van der Waals surface area contributed by atoms with E-state index in [0.717, 1.165) is 5.56 Å². The van der Waals surface area contributed by atoms with Gasteiger partial charge in [-0.2, -0.15) is 0 Å². The van der Waals surface area contributed by atoms with Crippen molar-refractivity contribution < 1.29 is 19.9 Å². The molecule has 0 fully saturated rings. The largest absolute Gasteiger partial charge is 0.391 e. The van der Waals surface area contributed by atoms with Crippen LogP contribution in [-0.2, 0) is 9.59 Å². The first-order valence-corrected chi connectivity index (χ1v) is 8.24. The average Bonchev–Trinajstić information content (AvgIpc) is 2.72. The number of aliphatic hydroxyl groups is 1. The first kappa shape index (κ1) is 21.8. The summed E-state index contributed by atoms with van der Waals surface area (Å²) < 4.78 is 0. The van der Waals surface area contributed by atoms with Crippen molar-refractivity contribution >= 4 is 11.8 Å². The Bertz CT molecular complexity index is 760. The number of aliphatic hydroxyl groups excluding tert-OH is 1. The van der Waals surface area contributed by atoms with E-state index in [4.69, 9.17) is 5.21 Å². The number of allylic oxidation sites excluding steroid dienone is 2. The second-order valence-electron chi connectivity index (χ2n) is 5.54. The van der Waals surface area contributed by atoms with Crippen molar-refractivity contribution in [2.75, 3.05) is 0 Å². The molecule has 4 N–H and O–H groups in total. The number of nitrogens with one attached hydrogen (secondary N) is 2. The van der Waals surface area contributed by atoms with Gasteiger partial charge >= 0.3 is 0 Å². The summed E-state index contributed by atoms with van der Waals surface area (Å²) in [7, 11) is 0. The smallest absolute Gasteiger partial charge is 0.268 e. The molecular formula is C20H23N3O4. The first-order chi connectivity index (χ1) is 13.0. The normalized spacial score (nSPS) is 17.0. The monoisotopic (exact) mass is 369 g/mol. The Morgan fingerprint density at radius 2 is 2.15 bits per heavy atom. The van der Waals surface area contributed by atoms with Gasteiger partial charge in [0.05, 0.1) is 6.10 Å². The van der Waals surface area contributed by atoms with Gasteiger partial charge in [0.25, 0.3) is 11.8 Å². The van der Waals surface area contributed by atoms with Crippen molar-refractivity contribution in [3.05, 3.63) is 67.0 Å². The summed E-state index contributed by atoms with van der Waals surface area (Å²) in [4.78, 5) is 27.6. The van der Waals surface area contributed by atoms with Gasteiger partial charge in [0, 0.05) is 29.4 Å². The number of hydroxylamine groups is 1. The number of carbonyl (C=O) groups is 2. The highest BCUT2D eigenvalue weighted by atomic mass is 16.5. The topological polar surface area (TPSA) is 112 Å². The zero-order valence-electron chi connectivity index (χ0n) is 15.1. The minimum absolute atomic E-state index is 0.0231. The number of hydrogen-bond donors (Lipinski definition) is 4. The van der Waals surface area contributed by atoms with Crippen molar-refractivity contribution in [1.29, 1.82) is 0 Å². The maximum atomic E-state index is 12.2. The quantitative estimate of drug-likeness (QED) is 0.275. The highest BCUT2D eigenvalue weighted by Crippen LogP contribution is 2.16. The third kappa shape index (κ3) is 6.90. The van der Waals surface area contributed by atoms with Gasteiger partial charge in [0.15, 0.2) is 0 Å². The first-order valence-electron chi connectivity index (χ1n) is 8.24. The number of aromatic nitrogens is 1. The molecular weight excluding hydrogens is 346 g/mol. The molecule has 7 nitrogen and oxygen atoms in total. The van der Waals surface area contributed by atoms with Gasteiger partial charge < -0.3 is 10.4 Å². The predicted molar refractivity (Wildman–Crippen MR) is 101 cm³/mol. The van der Waals surface area contributed by atoms with E-state index >= 15 is 0 Å². The fourth-order valence-electron chi connectivity index (χ4n) is 2.21. The second kappa shape index (κ2) is 11.4. The SMILES string of the molecule is C=C.CC(O)C(NC(=O)C1=CCC(C#Cc2cccnc2)C=C1)C(=O)NO. The molecule has 3 atom stereocenters. The maximum absolute atomic E-state index is 12.2. The van der Waals surface area contributed by atoms with Crippen LogP contribution in [0.1, 0.15) is 18.9 Å². The van der Waals surface area contributed by atoms with Gasteiger partial charge in [-0.25, -0.2) is 5.48 Å². The Labute approximate surface area is 158 Å². The molecule has 7 heteroatoms. The lowest BCUT2D eigenvalue weighted by Gasteiger charge is -2.20. The fourth-order valence-corrected chi connectivity index (χ4v) is 2.21. The molecule has 1 heterocycles. The van der Waals surface area contributed by atoms with Crippen LogP contribution in [0.4, 0.5) is 0 Å². The van der Waals surface area contributed by atoms with Crippen LogP contribution in [0.15, 0.2) is 61.5 Å². The highest BCUT2D eigenvalue weighted by molar-refractivity contribution is 5.99. The molecule has 0 spiro atoms. The van der Waals surface area contributed by atoms with E-state index in [1.807, 2.05) is 18.2 Å². The van der Waals surface area contributed by atoms with Gasteiger partial charge in [0.1, 0.15) is 6.04 Å². The van der Waals surface area contributed by atoms with Crippen molar-refractivity contribution in [2.45, 2.75) is 25.5 Å². The Morgan fingerprint density at radius 3 is 2.67 bits per heavy atom. The summed E-state index contributed by atoms with van der Waals surface area (Å²) in [5.41, 5.74) is 2.61. The van der Waals surface area contributed by atoms with E-state index in [1.165, 1.54) is 12.4 Å². The number of carbonyl (C=O) groups excluding carboxylic acids is 2. The molecule has 0 aromatic carbocycles. The lowest BCUT2D eigenvalue weighted by Crippen LogP contribution is -2.52. The number of pyridine rings is 1. The standard InChI is InChI=1S/C18H19N3O4.C2H4/c1-12(22)16(18(24)21-25)20-17(23)15-8-6-13(7-9-15)4-5-14-3-2-10-19-11-14;1-2/h2-3,6,8-13,16,22,25H,7H2,1H3,(H,20,23)(H,21,24);1-2H2. The third-order valence-electron chi connectivity index (χ3n) is 3.59. The van der Waals surface area contributed by atoms with E-state index in [1.54, 1.807) is 24.5 Å². The summed E-state index contributed by atoms with van der Waals surface area (Å²) in [6, 6.07) is 2.43. The molecule has 0 aliphatic heterocycles. The van der Waals surface area contributed by atoms with Crippen molar-refractivity contribution in [3.8, 4) is 11.8 Å². The van der Waals surface area contributed by atoms with Crippen LogP contribution >= 0.6 is 0 Å². The molecule has 0 saturated carbocycles. The number of nitrogens with zero attached hydrogens (tertiary/aromatic N) is 1. The molecule has 1 aliphatic rings. The number of rotatable bonds is 4. The minimum Gasteiger partial charge on any atom is -0.391 e. The van der Waals surface area contributed by atoms with E-state index in [-0.39, 0.29) is 5.92 Å². The second-order valence-corrected chi connectivity index (χ2v) is 5.54. The van der Waals surface area contributed by atoms with E-state index < -0.39 is 24.0 Å². The Balaban J connectivity index is 0.00000176. The Kier molecular flexibility index (Phi) is 9.23. The van der Waals surface area contributed by atoms with Crippen LogP contribution in [0.25, 0.3) is 0 Å². The molecule has 27 heavy (non-hydrogen) atoms. The fraction of sp³-hybridized carbons (Fsp3) is 0.250. The van der Waals surface area contributed by atoms with Crippen molar-refractivity contribution in [3.63, 3.8) is 0 Å². The molecule has 2 rings (SSSR count). The van der Waals surface area contributed by atoms with Gasteiger partial charge in [-0.15, -0.1) is 13.2 Å². The van der Waals surface area contributed by atoms with Crippen LogP contribution in [0.5, 0.6) is 0 Å². The minimum atomic E-state index is -1.24. The van der Waals surface area contributed by atoms with Gasteiger partial charge in [-0.05, 0) is 25.5 Å². The van der Waals surface area contributed by atoms with Crippen LogP contribution in [0.2, 0.25) is 0 Å². The lowest BCUT2D eigenvalue weighted by molar-refractivity contribution is -0.136. The Hall–Kier alpha value is -3.21. The van der Waals surface area contributed by atoms with Crippen LogP contribution in [0, 0.1) is 17.8 Å². The molecule has 0 radical (unpaired) electrons. The molecule has 2 amide bonds. The van der Waals surface area contributed by atoms with Gasteiger partial charge in [0.2, 0.25) is 0 Å². The zero-order chi connectivity index (χ0) is 20.2. The zero-order valence-corrected chi connectivity index (χ0v) is 15.1. The van der Waals surface area contributed by atoms with Crippen molar-refractivity contribution in [2.24, 2.45) is 5.92 Å². The predicted octanol–water partition coefficient (Wildman–Crippen LogP) is 1.11.